The van der Waals surface area contributed by atoms with E-state index in [0.717, 1.165) is 33.8 Å². The lowest BCUT2D eigenvalue weighted by atomic mass is 9.63. The molecular formula is C72H50N4. The lowest BCUT2D eigenvalue weighted by molar-refractivity contribution is 0.409. The van der Waals surface area contributed by atoms with Crippen molar-refractivity contribution in [2.75, 3.05) is 4.90 Å². The molecule has 1 spiro atoms. The summed E-state index contributed by atoms with van der Waals surface area (Å²) >= 11 is 0. The molecule has 0 amide bonds. The van der Waals surface area contributed by atoms with Crippen LogP contribution in [0.15, 0.2) is 284 Å². The summed E-state index contributed by atoms with van der Waals surface area (Å²) in [5.74, 6) is 0.868. The molecule has 12 aromatic rings. The van der Waals surface area contributed by atoms with E-state index < -0.39 is 5.41 Å². The van der Waals surface area contributed by atoms with E-state index in [1.54, 1.807) is 0 Å². The van der Waals surface area contributed by atoms with Crippen LogP contribution in [-0.2, 0) is 5.41 Å². The van der Waals surface area contributed by atoms with Gasteiger partial charge in [-0.25, -0.2) is 4.99 Å². The fourth-order valence-electron chi connectivity index (χ4n) is 12.7. The van der Waals surface area contributed by atoms with Gasteiger partial charge in [0, 0.05) is 11.3 Å². The third-order valence-corrected chi connectivity index (χ3v) is 16.1. The third kappa shape index (κ3) is 6.92. The van der Waals surface area contributed by atoms with Crippen molar-refractivity contribution in [2.24, 2.45) is 4.99 Å². The molecule has 4 nitrogen and oxygen atoms in total. The van der Waals surface area contributed by atoms with Gasteiger partial charge in [-0.3, -0.25) is 5.32 Å². The largest absolute Gasteiger partial charge is 0.350 e. The SMILES string of the molecule is c1ccc(C2=NC(c3ccc(-c4ccccc4)cc3)NC(c3ccc(-c4cccc(-c5ccc6c(c5)C5(c7ccccc7N(c7ccccc7)c7ccccc75)c5c-6c6ccccc6c6ccccc56)c4)cc3)N2)cc1. The van der Waals surface area contributed by atoms with Crippen molar-refractivity contribution in [3.05, 3.63) is 318 Å². The van der Waals surface area contributed by atoms with Crippen molar-refractivity contribution in [3.8, 4) is 44.5 Å². The Balaban J connectivity index is 0.834. The van der Waals surface area contributed by atoms with Crippen LogP contribution in [0, 0.1) is 0 Å². The second kappa shape index (κ2) is 17.8. The van der Waals surface area contributed by atoms with E-state index in [1.165, 1.54) is 94.1 Å². The first-order chi connectivity index (χ1) is 37.7. The van der Waals surface area contributed by atoms with Gasteiger partial charge in [0.25, 0.3) is 0 Å². The molecule has 3 aliphatic rings. The smallest absolute Gasteiger partial charge is 0.131 e. The van der Waals surface area contributed by atoms with E-state index in [1.807, 2.05) is 6.07 Å². The predicted molar refractivity (Wildman–Crippen MR) is 314 cm³/mol. The quantitative estimate of drug-likeness (QED) is 0.156. The predicted octanol–water partition coefficient (Wildman–Crippen LogP) is 17.5. The number of nitrogens with one attached hydrogen (secondary N) is 2. The van der Waals surface area contributed by atoms with Gasteiger partial charge in [0.2, 0.25) is 0 Å². The minimum Gasteiger partial charge on any atom is -0.350 e. The summed E-state index contributed by atoms with van der Waals surface area (Å²) in [6.07, 6.45) is -0.406. The molecule has 2 unspecified atom stereocenters. The van der Waals surface area contributed by atoms with Crippen LogP contribution < -0.4 is 15.5 Å². The molecule has 0 radical (unpaired) electrons. The maximum absolute atomic E-state index is 5.22. The molecule has 1 aliphatic carbocycles. The Morgan fingerprint density at radius 1 is 0.355 bits per heavy atom. The molecule has 0 saturated carbocycles. The molecule has 76 heavy (non-hydrogen) atoms. The normalized spacial score (nSPS) is 15.8. The molecule has 4 heteroatoms. The maximum Gasteiger partial charge on any atom is 0.131 e. The molecule has 2 N–H and O–H groups in total. The average molecular weight is 971 g/mol. The molecule has 358 valence electrons. The number of hydrogen-bond donors (Lipinski definition) is 2. The fraction of sp³-hybridized carbons (Fsp3) is 0.0417. The summed E-state index contributed by atoms with van der Waals surface area (Å²) in [5, 5.41) is 12.7. The molecular weight excluding hydrogens is 921 g/mol. The highest BCUT2D eigenvalue weighted by Gasteiger charge is 2.53. The average Bonchev–Trinajstić information content (AvgIpc) is 3.96. The maximum atomic E-state index is 5.22. The van der Waals surface area contributed by atoms with Crippen molar-refractivity contribution in [2.45, 2.75) is 17.7 Å². The molecule has 2 heterocycles. The molecule has 0 fully saturated rings. The van der Waals surface area contributed by atoms with Crippen LogP contribution in [0.4, 0.5) is 17.1 Å². The number of amidine groups is 1. The van der Waals surface area contributed by atoms with Gasteiger partial charge >= 0.3 is 0 Å². The Kier molecular flexibility index (Phi) is 10.3. The van der Waals surface area contributed by atoms with Gasteiger partial charge in [-0.1, -0.05) is 243 Å². The first-order valence-corrected chi connectivity index (χ1v) is 26.3. The number of anilines is 3. The fourth-order valence-corrected chi connectivity index (χ4v) is 12.7. The zero-order valence-corrected chi connectivity index (χ0v) is 41.6. The standard InChI is InChI=1S/C72H50N4/c1-4-19-47(20-5-1)48-35-39-51(40-36-48)70-73-69(50-21-6-2-7-22-50)74-71(75-70)52-41-37-49(38-42-52)53-23-18-24-54(45-53)55-43-44-61-64(46-55)72(68-60-30-13-11-28-58(60)57-27-10-12-29-59(57)67(61)68)62-31-14-16-33-65(62)76(56-25-8-3-9-26-56)66-34-17-15-32-63(66)72/h1-46,70-71,75H,(H,73,74). The molecule has 2 aliphatic heterocycles. The first-order valence-electron chi connectivity index (χ1n) is 26.3. The van der Waals surface area contributed by atoms with Gasteiger partial charge in [-0.05, 0) is 136 Å². The number of nitrogens with zero attached hydrogens (tertiary/aromatic N) is 2. The Bertz CT molecular complexity index is 4180. The first kappa shape index (κ1) is 43.9. The minimum atomic E-state index is -0.632. The second-order valence-corrected chi connectivity index (χ2v) is 20.2. The minimum absolute atomic E-state index is 0.168. The summed E-state index contributed by atoms with van der Waals surface area (Å²) in [6, 6.07) is 102. The Morgan fingerprint density at radius 2 is 0.829 bits per heavy atom. The molecule has 0 bridgehead atoms. The van der Waals surface area contributed by atoms with E-state index >= 15 is 0 Å². The Hall–Kier alpha value is -9.61. The highest BCUT2D eigenvalue weighted by Crippen LogP contribution is 2.66. The van der Waals surface area contributed by atoms with Crippen LogP contribution in [0.5, 0.6) is 0 Å². The van der Waals surface area contributed by atoms with Crippen molar-refractivity contribution < 1.29 is 0 Å². The third-order valence-electron chi connectivity index (χ3n) is 16.1. The van der Waals surface area contributed by atoms with E-state index in [2.05, 4.69) is 289 Å². The number of benzene rings is 12. The van der Waals surface area contributed by atoms with Gasteiger partial charge in [0.05, 0.1) is 16.8 Å². The monoisotopic (exact) mass is 970 g/mol. The lowest BCUT2D eigenvalue weighted by Crippen LogP contribution is -2.44. The number of rotatable bonds is 7. The van der Waals surface area contributed by atoms with Gasteiger partial charge in [0.1, 0.15) is 18.2 Å². The number of hydrogen-bond acceptors (Lipinski definition) is 4. The van der Waals surface area contributed by atoms with Crippen molar-refractivity contribution in [1.82, 2.24) is 10.6 Å². The Labute approximate surface area is 443 Å². The molecule has 15 rings (SSSR count). The number of para-hydroxylation sites is 3. The van der Waals surface area contributed by atoms with Crippen LogP contribution in [0.2, 0.25) is 0 Å². The van der Waals surface area contributed by atoms with Crippen LogP contribution in [0.25, 0.3) is 66.1 Å². The van der Waals surface area contributed by atoms with Crippen LogP contribution in [0.1, 0.15) is 51.3 Å². The molecule has 0 saturated heterocycles. The van der Waals surface area contributed by atoms with E-state index in [4.69, 9.17) is 4.99 Å². The van der Waals surface area contributed by atoms with E-state index in [0.29, 0.717) is 0 Å². The number of fused-ring (bicyclic) bond motifs is 14. The van der Waals surface area contributed by atoms with Crippen molar-refractivity contribution >= 4 is 44.4 Å². The highest BCUT2D eigenvalue weighted by atomic mass is 15.3. The zero-order chi connectivity index (χ0) is 50.2. The molecule has 0 aromatic heterocycles. The van der Waals surface area contributed by atoms with Gasteiger partial charge in [-0.2, -0.15) is 0 Å². The van der Waals surface area contributed by atoms with Crippen molar-refractivity contribution in [3.63, 3.8) is 0 Å². The summed E-state index contributed by atoms with van der Waals surface area (Å²) in [4.78, 5) is 7.69. The molecule has 2 atom stereocenters. The van der Waals surface area contributed by atoms with Crippen LogP contribution in [0.3, 0.4) is 0 Å². The summed E-state index contributed by atoms with van der Waals surface area (Å²) < 4.78 is 0. The highest BCUT2D eigenvalue weighted by molar-refractivity contribution is 6.20. The summed E-state index contributed by atoms with van der Waals surface area (Å²) in [7, 11) is 0. The van der Waals surface area contributed by atoms with Gasteiger partial charge in [0.15, 0.2) is 0 Å². The summed E-state index contributed by atoms with van der Waals surface area (Å²) in [6.45, 7) is 0. The van der Waals surface area contributed by atoms with Gasteiger partial charge < -0.3 is 10.2 Å². The lowest BCUT2D eigenvalue weighted by Gasteiger charge is -2.45. The summed E-state index contributed by atoms with van der Waals surface area (Å²) in [5.41, 5.74) is 21.1. The second-order valence-electron chi connectivity index (χ2n) is 20.2. The topological polar surface area (TPSA) is 39.7 Å². The molecule has 12 aromatic carbocycles. The van der Waals surface area contributed by atoms with E-state index in [9.17, 15) is 0 Å². The number of aliphatic imine (C=N–C) groups is 1. The van der Waals surface area contributed by atoms with Gasteiger partial charge in [-0.15, -0.1) is 0 Å². The Morgan fingerprint density at radius 3 is 1.50 bits per heavy atom. The van der Waals surface area contributed by atoms with Crippen molar-refractivity contribution in [1.29, 1.82) is 0 Å². The van der Waals surface area contributed by atoms with Crippen LogP contribution in [-0.4, -0.2) is 5.84 Å². The van der Waals surface area contributed by atoms with E-state index in [-0.39, 0.29) is 12.3 Å². The van der Waals surface area contributed by atoms with Crippen LogP contribution >= 0.6 is 0 Å². The zero-order valence-electron chi connectivity index (χ0n) is 41.6.